The number of hydrogen-bond donors (Lipinski definition) is 1. The van der Waals surface area contributed by atoms with Crippen molar-refractivity contribution in [3.05, 3.63) is 399 Å². The van der Waals surface area contributed by atoms with Gasteiger partial charge in [-0.25, -0.2) is 0 Å². The molecule has 2 aliphatic rings. The molecule has 0 atom stereocenters. The van der Waals surface area contributed by atoms with E-state index in [1.807, 2.05) is 0 Å². The van der Waals surface area contributed by atoms with E-state index < -0.39 is 0 Å². The lowest BCUT2D eigenvalue weighted by atomic mass is 9.80. The van der Waals surface area contributed by atoms with Gasteiger partial charge in [0.1, 0.15) is 0 Å². The fourth-order valence-electron chi connectivity index (χ4n) is 22.0. The van der Waals surface area contributed by atoms with Gasteiger partial charge in [-0.05, 0) is 302 Å². The Morgan fingerprint density at radius 2 is 0.440 bits per heavy atom. The van der Waals surface area contributed by atoms with E-state index in [1.54, 1.807) is 0 Å². The molecule has 0 spiro atoms. The summed E-state index contributed by atoms with van der Waals surface area (Å²) in [5.41, 5.74) is 42.1. The van der Waals surface area contributed by atoms with Crippen molar-refractivity contribution in [3.8, 4) is 45.0 Å². The highest BCUT2D eigenvalue weighted by Crippen LogP contribution is 2.55. The molecular weight excluding hydrogens is 1770 g/mol. The van der Waals surface area contributed by atoms with Crippen LogP contribution < -0.4 is 10.2 Å². The van der Waals surface area contributed by atoms with Crippen molar-refractivity contribution in [2.75, 3.05) is 10.2 Å². The molecule has 0 saturated heterocycles. The van der Waals surface area contributed by atoms with E-state index in [4.69, 9.17) is 0 Å². The van der Waals surface area contributed by atoms with Crippen molar-refractivity contribution < 1.29 is 0 Å². The maximum Gasteiger partial charge on any atom is 0.0542 e. The van der Waals surface area contributed by atoms with Crippen LogP contribution in [0.1, 0.15) is 261 Å². The lowest BCUT2D eigenvalue weighted by Gasteiger charge is -2.28. The number of benzene rings is 16. The number of rotatable bonds is 9. The fraction of sp³-hybridized carbons (Fsp3) is 0.284. The second-order valence-electron chi connectivity index (χ2n) is 49.6. The van der Waals surface area contributed by atoms with Gasteiger partial charge in [0.2, 0.25) is 0 Å². The van der Waals surface area contributed by atoms with Crippen molar-refractivity contribution in [2.24, 2.45) is 0 Å². The standard InChI is InChI=1S/C67H69N3.C41H42N2.C26H28BrN/c1-63(2,3)42-33-43(64(4,5)6)36-49(35-42)69-59-25-19-16-22-53(59)55-39-46(28-31-61(55)69)68(48-27-30-52-51-21-15-18-24-57(51)67(13,14)58(52)41-48)47-29-32-62-56(40-47)54-23-17-20-26-60(54)70(62)50-37-44(65(7,8)9)34-45(38-50)66(10,11)12;1-39(2,3)26-21-27(40(4,5)6)23-30(22-26)43-37-16-12-10-14-33(37)34-24-28(18-20-38(34)43)42-29-17-19-32-31-13-9-11-15-35(31)41(7,8)36(32)25-29;1-25(2,3)17-13-18(26(4,5)6)15-20(14-17)28-23-10-8-7-9-21(23)22-16-19(27)11-12-24(22)28/h15-41H,1-14H3;9-25,42H,1-8H3;7-16H,1-6H3. The third-order valence-electron chi connectivity index (χ3n) is 30.5. The van der Waals surface area contributed by atoms with Crippen molar-refractivity contribution in [2.45, 2.75) is 248 Å². The summed E-state index contributed by atoms with van der Waals surface area (Å²) in [7, 11) is 0. The van der Waals surface area contributed by atoms with E-state index >= 15 is 0 Å². The Hall–Kier alpha value is -13.2. The third-order valence-corrected chi connectivity index (χ3v) is 31.0. The Labute approximate surface area is 845 Å². The van der Waals surface area contributed by atoms with E-state index in [9.17, 15) is 0 Å². The number of para-hydroxylation sites is 4. The van der Waals surface area contributed by atoms with E-state index in [1.165, 1.54) is 199 Å². The number of aromatic nitrogens is 4. The van der Waals surface area contributed by atoms with Crippen molar-refractivity contribution in [3.63, 3.8) is 0 Å². The van der Waals surface area contributed by atoms with Gasteiger partial charge in [-0.15, -0.1) is 0 Å². The normalized spacial score (nSPS) is 13.8. The lowest BCUT2D eigenvalue weighted by Crippen LogP contribution is -2.17. The zero-order chi connectivity index (χ0) is 100. The maximum atomic E-state index is 3.75. The number of anilines is 5. The molecule has 7 heteroatoms. The first-order chi connectivity index (χ1) is 66.4. The molecule has 16 aromatic carbocycles. The van der Waals surface area contributed by atoms with Crippen LogP contribution in [0.2, 0.25) is 0 Å². The predicted molar refractivity (Wildman–Crippen MR) is 614 cm³/mol. The summed E-state index contributed by atoms with van der Waals surface area (Å²) in [6, 6.07) is 124. The zero-order valence-electron chi connectivity index (χ0n) is 88.3. The van der Waals surface area contributed by atoms with Gasteiger partial charge in [-0.3, -0.25) is 0 Å². The van der Waals surface area contributed by atoms with Gasteiger partial charge in [-0.1, -0.05) is 368 Å². The average Bonchev–Trinajstić information content (AvgIpc) is 1.58. The summed E-state index contributed by atoms with van der Waals surface area (Å²) in [6.45, 7) is 64.9. The first-order valence-corrected chi connectivity index (χ1v) is 51.7. The second kappa shape index (κ2) is 34.0. The predicted octanol–water partition coefficient (Wildman–Crippen LogP) is 38.4. The maximum absolute atomic E-state index is 3.75. The highest BCUT2D eigenvalue weighted by atomic mass is 79.9. The van der Waals surface area contributed by atoms with Crippen LogP contribution >= 0.6 is 15.9 Å². The Morgan fingerprint density at radius 1 is 0.206 bits per heavy atom. The van der Waals surface area contributed by atoms with E-state index in [-0.39, 0.29) is 54.1 Å². The molecule has 0 bridgehead atoms. The first-order valence-electron chi connectivity index (χ1n) is 50.9. The Kier molecular flexibility index (Phi) is 23.0. The van der Waals surface area contributed by atoms with Crippen molar-refractivity contribution in [1.82, 2.24) is 18.3 Å². The van der Waals surface area contributed by atoms with Gasteiger partial charge in [-0.2, -0.15) is 0 Å². The van der Waals surface area contributed by atoms with Crippen LogP contribution in [0.5, 0.6) is 0 Å². The third kappa shape index (κ3) is 17.2. The molecule has 0 unspecified atom stereocenters. The molecule has 4 heterocycles. The topological polar surface area (TPSA) is 35.0 Å². The number of nitrogens with one attached hydrogen (secondary N) is 1. The number of fused-ring (bicyclic) bond motifs is 18. The molecular formula is C134H139BrN6. The summed E-state index contributed by atoms with van der Waals surface area (Å²) >= 11 is 3.65. The molecule has 0 aliphatic heterocycles. The number of hydrogen-bond acceptors (Lipinski definition) is 2. The van der Waals surface area contributed by atoms with Gasteiger partial charge in [0, 0.05) is 110 Å². The lowest BCUT2D eigenvalue weighted by molar-refractivity contribution is 0.567. The minimum atomic E-state index is -0.149. The van der Waals surface area contributed by atoms with Crippen LogP contribution in [-0.4, -0.2) is 18.3 Å². The molecule has 712 valence electrons. The molecule has 20 aromatic rings. The summed E-state index contributed by atoms with van der Waals surface area (Å²) in [4.78, 5) is 2.51. The monoisotopic (exact) mass is 1910 g/mol. The largest absolute Gasteiger partial charge is 0.355 e. The van der Waals surface area contributed by atoms with Crippen molar-refractivity contribution in [1.29, 1.82) is 0 Å². The summed E-state index contributed by atoms with van der Waals surface area (Å²) in [5.74, 6) is 0. The summed E-state index contributed by atoms with van der Waals surface area (Å²) < 4.78 is 11.0. The fourth-order valence-corrected chi connectivity index (χ4v) is 22.3. The molecule has 2 aliphatic carbocycles. The molecule has 141 heavy (non-hydrogen) atoms. The Morgan fingerprint density at radius 3 is 0.773 bits per heavy atom. The molecule has 0 fully saturated rings. The van der Waals surface area contributed by atoms with E-state index in [2.05, 4.69) is 566 Å². The molecule has 0 amide bonds. The Bertz CT molecular complexity index is 8080. The van der Waals surface area contributed by atoms with Gasteiger partial charge in [0.15, 0.2) is 0 Å². The highest BCUT2D eigenvalue weighted by Gasteiger charge is 2.39. The molecule has 1 N–H and O–H groups in total. The molecule has 4 aromatic heterocycles. The second-order valence-corrected chi connectivity index (χ2v) is 50.5. The van der Waals surface area contributed by atoms with Gasteiger partial charge in [0.05, 0.1) is 44.1 Å². The van der Waals surface area contributed by atoms with Crippen LogP contribution in [-0.2, 0) is 54.1 Å². The van der Waals surface area contributed by atoms with Gasteiger partial charge >= 0.3 is 0 Å². The van der Waals surface area contributed by atoms with Crippen LogP contribution in [0.3, 0.4) is 0 Å². The van der Waals surface area contributed by atoms with E-state index in [0.717, 1.165) is 32.9 Å². The highest BCUT2D eigenvalue weighted by molar-refractivity contribution is 9.10. The number of halogens is 1. The molecule has 0 saturated carbocycles. The average molecular weight is 1910 g/mol. The van der Waals surface area contributed by atoms with Crippen molar-refractivity contribution >= 4 is 132 Å². The molecule has 0 radical (unpaired) electrons. The van der Waals surface area contributed by atoms with Crippen LogP contribution in [0.25, 0.3) is 132 Å². The van der Waals surface area contributed by atoms with Gasteiger partial charge in [0.25, 0.3) is 0 Å². The van der Waals surface area contributed by atoms with E-state index in [0.29, 0.717) is 0 Å². The summed E-state index contributed by atoms with van der Waals surface area (Å²) in [5, 5.41) is 13.8. The van der Waals surface area contributed by atoms with Gasteiger partial charge < -0.3 is 28.5 Å². The van der Waals surface area contributed by atoms with Crippen LogP contribution in [0, 0.1) is 0 Å². The smallest absolute Gasteiger partial charge is 0.0542 e. The minimum Gasteiger partial charge on any atom is -0.355 e. The minimum absolute atomic E-state index is 0.00648. The summed E-state index contributed by atoms with van der Waals surface area (Å²) in [6.07, 6.45) is 0. The number of nitrogens with zero attached hydrogens (tertiary/aromatic N) is 5. The van der Waals surface area contributed by atoms with Crippen LogP contribution in [0.15, 0.2) is 332 Å². The first kappa shape index (κ1) is 95.3. The Balaban J connectivity index is 0.000000145. The quantitative estimate of drug-likeness (QED) is 0.156. The molecule has 22 rings (SSSR count). The zero-order valence-corrected chi connectivity index (χ0v) is 89.9. The van der Waals surface area contributed by atoms with Crippen LogP contribution in [0.4, 0.5) is 28.4 Å². The SMILES string of the molecule is CC(C)(C)c1cc(-n2c3ccccc3c3cc(Br)ccc32)cc(C(C)(C)C)c1.CC(C)(C)c1cc(-n2c3ccccc3c3cc(N(c4ccc5c(c4)C(C)(C)c4ccccc4-5)c4ccc5c(c4)c4ccccc4n5-c4cc(C(C)(C)C)cc(C(C)(C)C)c4)ccc32)cc(C(C)(C)C)c1.CC(C)(C)c1cc(-n2c3ccccc3c3cc(Nc4ccc5c(c4)C(C)(C)c4ccccc4-5)ccc32)cc(C(C)(C)C)c1. The molecule has 6 nitrogen and oxygen atoms in total.